The van der Waals surface area contributed by atoms with Crippen LogP contribution in [0.2, 0.25) is 0 Å². The van der Waals surface area contributed by atoms with Crippen LogP contribution in [0.5, 0.6) is 11.5 Å². The zero-order valence-electron chi connectivity index (χ0n) is 15.6. The average molecular weight is 342 g/mol. The fourth-order valence-corrected chi connectivity index (χ4v) is 2.54. The Hall–Kier alpha value is -2.69. The van der Waals surface area contributed by atoms with Crippen molar-refractivity contribution in [1.29, 1.82) is 0 Å². The number of hydrogen-bond acceptors (Lipinski definition) is 4. The highest BCUT2D eigenvalue weighted by atomic mass is 16.5. The molecule has 2 rings (SSSR count). The summed E-state index contributed by atoms with van der Waals surface area (Å²) in [5.74, 6) is 1.15. The molecule has 5 nitrogen and oxygen atoms in total. The van der Waals surface area contributed by atoms with Crippen molar-refractivity contribution in [2.75, 3.05) is 39.8 Å². The highest BCUT2D eigenvalue weighted by molar-refractivity contribution is 5.94. The van der Waals surface area contributed by atoms with E-state index in [0.29, 0.717) is 30.2 Å². The van der Waals surface area contributed by atoms with Crippen LogP contribution in [0.3, 0.4) is 0 Å². The number of hydrogen-bond donors (Lipinski definition) is 0. The normalized spacial score (nSPS) is 10.3. The van der Waals surface area contributed by atoms with Crippen molar-refractivity contribution < 1.29 is 14.3 Å². The minimum Gasteiger partial charge on any atom is -0.493 e. The Morgan fingerprint density at radius 3 is 2.24 bits per heavy atom. The van der Waals surface area contributed by atoms with Crippen LogP contribution < -0.4 is 14.4 Å². The molecule has 0 unspecified atom stereocenters. The zero-order chi connectivity index (χ0) is 18.4. The van der Waals surface area contributed by atoms with Gasteiger partial charge in [0.15, 0.2) is 11.5 Å². The summed E-state index contributed by atoms with van der Waals surface area (Å²) in [6, 6.07) is 13.4. The number of amides is 1. The summed E-state index contributed by atoms with van der Waals surface area (Å²) in [4.78, 5) is 16.4. The lowest BCUT2D eigenvalue weighted by Crippen LogP contribution is -2.26. The largest absolute Gasteiger partial charge is 0.493 e. The molecule has 0 aromatic heterocycles. The van der Waals surface area contributed by atoms with E-state index in [9.17, 15) is 4.79 Å². The van der Waals surface area contributed by atoms with Crippen LogP contribution in [0.1, 0.15) is 22.8 Å². The number of nitrogens with zero attached hydrogens (tertiary/aromatic N) is 2. The van der Waals surface area contributed by atoms with Crippen LogP contribution in [0.15, 0.2) is 42.5 Å². The minimum absolute atomic E-state index is 0.0574. The highest BCUT2D eigenvalue weighted by Gasteiger charge is 2.15. The molecule has 0 bridgehead atoms. The first kappa shape index (κ1) is 18.6. The Morgan fingerprint density at radius 1 is 1.00 bits per heavy atom. The number of carbonyl (C=O) groups is 1. The molecular formula is C20H26N2O3. The van der Waals surface area contributed by atoms with Gasteiger partial charge in [0.25, 0.3) is 5.91 Å². The smallest absolute Gasteiger partial charge is 0.254 e. The van der Waals surface area contributed by atoms with Crippen LogP contribution in [0.25, 0.3) is 0 Å². The Kier molecular flexibility index (Phi) is 6.28. The first-order chi connectivity index (χ1) is 12.0. The van der Waals surface area contributed by atoms with Gasteiger partial charge in [-0.3, -0.25) is 4.79 Å². The fourth-order valence-electron chi connectivity index (χ4n) is 2.54. The van der Waals surface area contributed by atoms with Gasteiger partial charge in [-0.05, 0) is 42.8 Å². The molecule has 0 saturated carbocycles. The molecule has 1 amide bonds. The van der Waals surface area contributed by atoms with Crippen molar-refractivity contribution in [3.63, 3.8) is 0 Å². The Bertz CT molecular complexity index is 711. The molecule has 134 valence electrons. The van der Waals surface area contributed by atoms with Crippen molar-refractivity contribution in [2.24, 2.45) is 0 Å². The number of benzene rings is 2. The van der Waals surface area contributed by atoms with Crippen LogP contribution in [-0.4, -0.2) is 45.7 Å². The van der Waals surface area contributed by atoms with Gasteiger partial charge in [0.05, 0.1) is 13.7 Å². The van der Waals surface area contributed by atoms with E-state index in [1.165, 1.54) is 0 Å². The second kappa shape index (κ2) is 8.42. The van der Waals surface area contributed by atoms with Crippen LogP contribution >= 0.6 is 0 Å². The monoisotopic (exact) mass is 342 g/mol. The zero-order valence-corrected chi connectivity index (χ0v) is 15.6. The molecule has 0 aliphatic rings. The summed E-state index contributed by atoms with van der Waals surface area (Å²) in [6.07, 6.45) is 0. The predicted octanol–water partition coefficient (Wildman–Crippen LogP) is 3.43. The topological polar surface area (TPSA) is 42.0 Å². The van der Waals surface area contributed by atoms with Crippen molar-refractivity contribution >= 4 is 11.6 Å². The summed E-state index contributed by atoms with van der Waals surface area (Å²) in [5.41, 5.74) is 2.79. The third-order valence-electron chi connectivity index (χ3n) is 3.93. The van der Waals surface area contributed by atoms with Crippen LogP contribution in [-0.2, 0) is 6.54 Å². The van der Waals surface area contributed by atoms with Crippen LogP contribution in [0, 0.1) is 0 Å². The Morgan fingerprint density at radius 2 is 1.68 bits per heavy atom. The molecule has 0 fully saturated rings. The summed E-state index contributed by atoms with van der Waals surface area (Å²) in [6.45, 7) is 3.00. The molecule has 0 spiro atoms. The van der Waals surface area contributed by atoms with E-state index in [4.69, 9.17) is 9.47 Å². The number of methoxy groups -OCH3 is 1. The Balaban J connectivity index is 2.11. The van der Waals surface area contributed by atoms with Gasteiger partial charge in [0.1, 0.15) is 0 Å². The van der Waals surface area contributed by atoms with E-state index >= 15 is 0 Å². The van der Waals surface area contributed by atoms with E-state index in [2.05, 4.69) is 0 Å². The summed E-state index contributed by atoms with van der Waals surface area (Å²) in [7, 11) is 7.38. The molecule has 0 heterocycles. The Labute approximate surface area is 149 Å². The van der Waals surface area contributed by atoms with E-state index in [0.717, 1.165) is 11.3 Å². The average Bonchev–Trinajstić information content (AvgIpc) is 2.62. The van der Waals surface area contributed by atoms with Gasteiger partial charge in [-0.2, -0.15) is 0 Å². The van der Waals surface area contributed by atoms with Crippen LogP contribution in [0.4, 0.5) is 5.69 Å². The lowest BCUT2D eigenvalue weighted by molar-refractivity contribution is 0.0784. The SMILES string of the molecule is CCOc1ccc(C(=O)N(C)Cc2ccc(N(C)C)cc2)cc1OC. The van der Waals surface area contributed by atoms with Gasteiger partial charge in [-0.1, -0.05) is 12.1 Å². The highest BCUT2D eigenvalue weighted by Crippen LogP contribution is 2.28. The van der Waals surface area contributed by atoms with Gasteiger partial charge < -0.3 is 19.3 Å². The third-order valence-corrected chi connectivity index (χ3v) is 3.93. The molecule has 2 aromatic carbocycles. The standard InChI is InChI=1S/C20H26N2O3/c1-6-25-18-12-9-16(13-19(18)24-5)20(23)22(4)14-15-7-10-17(11-8-15)21(2)3/h7-13H,6,14H2,1-5H3. The lowest BCUT2D eigenvalue weighted by atomic mass is 10.1. The third kappa shape index (κ3) is 4.66. The van der Waals surface area contributed by atoms with Gasteiger partial charge in [0, 0.05) is 38.9 Å². The van der Waals surface area contributed by atoms with E-state index in [1.807, 2.05) is 50.2 Å². The molecule has 25 heavy (non-hydrogen) atoms. The molecule has 0 atom stereocenters. The first-order valence-electron chi connectivity index (χ1n) is 8.28. The van der Waals surface area contributed by atoms with Gasteiger partial charge in [-0.25, -0.2) is 0 Å². The van der Waals surface area contributed by atoms with Crippen molar-refractivity contribution in [3.05, 3.63) is 53.6 Å². The molecule has 0 aliphatic heterocycles. The quantitative estimate of drug-likeness (QED) is 0.773. The molecule has 0 aliphatic carbocycles. The number of ether oxygens (including phenoxy) is 2. The second-order valence-electron chi connectivity index (χ2n) is 6.02. The maximum absolute atomic E-state index is 12.7. The molecule has 0 N–H and O–H groups in total. The predicted molar refractivity (Wildman–Crippen MR) is 101 cm³/mol. The molecule has 5 heteroatoms. The van der Waals surface area contributed by atoms with E-state index in [1.54, 1.807) is 37.3 Å². The van der Waals surface area contributed by atoms with Crippen molar-refractivity contribution in [3.8, 4) is 11.5 Å². The van der Waals surface area contributed by atoms with E-state index < -0.39 is 0 Å². The first-order valence-corrected chi connectivity index (χ1v) is 8.28. The maximum atomic E-state index is 12.7. The maximum Gasteiger partial charge on any atom is 0.254 e. The number of carbonyl (C=O) groups excluding carboxylic acids is 1. The summed E-state index contributed by atoms with van der Waals surface area (Å²) in [5, 5.41) is 0. The second-order valence-corrected chi connectivity index (χ2v) is 6.02. The fraction of sp³-hybridized carbons (Fsp3) is 0.350. The molecule has 2 aromatic rings. The number of anilines is 1. The van der Waals surface area contributed by atoms with E-state index in [-0.39, 0.29) is 5.91 Å². The van der Waals surface area contributed by atoms with Gasteiger partial charge in [0.2, 0.25) is 0 Å². The molecule has 0 saturated heterocycles. The van der Waals surface area contributed by atoms with Crippen molar-refractivity contribution in [2.45, 2.75) is 13.5 Å². The molecular weight excluding hydrogens is 316 g/mol. The van der Waals surface area contributed by atoms with Gasteiger partial charge in [-0.15, -0.1) is 0 Å². The lowest BCUT2D eigenvalue weighted by Gasteiger charge is -2.19. The minimum atomic E-state index is -0.0574. The summed E-state index contributed by atoms with van der Waals surface area (Å²) < 4.78 is 10.8. The number of rotatable bonds is 7. The summed E-state index contributed by atoms with van der Waals surface area (Å²) >= 11 is 0. The van der Waals surface area contributed by atoms with Gasteiger partial charge >= 0.3 is 0 Å². The molecule has 0 radical (unpaired) electrons. The van der Waals surface area contributed by atoms with Crippen molar-refractivity contribution in [1.82, 2.24) is 4.90 Å².